The number of amides is 3. The van der Waals surface area contributed by atoms with Gasteiger partial charge in [0, 0.05) is 39.3 Å². The fourth-order valence-corrected chi connectivity index (χ4v) is 3.54. The summed E-state index contributed by atoms with van der Waals surface area (Å²) in [7, 11) is 1.54. The van der Waals surface area contributed by atoms with Gasteiger partial charge in [-0.1, -0.05) is 26.0 Å². The van der Waals surface area contributed by atoms with Crippen LogP contribution in [0.15, 0.2) is 30.3 Å². The average Bonchev–Trinajstić information content (AvgIpc) is 3.11. The van der Waals surface area contributed by atoms with Crippen LogP contribution in [0.25, 0.3) is 0 Å². The molecule has 0 saturated heterocycles. The third kappa shape index (κ3) is 5.93. The van der Waals surface area contributed by atoms with Crippen LogP contribution < -0.4 is 5.32 Å². The van der Waals surface area contributed by atoms with Crippen LogP contribution in [0.4, 0.5) is 4.39 Å². The van der Waals surface area contributed by atoms with Gasteiger partial charge in [0.2, 0.25) is 5.91 Å². The average molecular weight is 444 g/mol. The minimum Gasteiger partial charge on any atom is -0.355 e. The van der Waals surface area contributed by atoms with Gasteiger partial charge in [-0.05, 0) is 36.5 Å². The van der Waals surface area contributed by atoms with Crippen molar-refractivity contribution >= 4 is 17.7 Å². The summed E-state index contributed by atoms with van der Waals surface area (Å²) in [5.41, 5.74) is 1.30. The Morgan fingerprint density at radius 2 is 1.94 bits per heavy atom. The summed E-state index contributed by atoms with van der Waals surface area (Å²) in [6, 6.07) is 7.53. The zero-order chi connectivity index (χ0) is 23.3. The van der Waals surface area contributed by atoms with Crippen molar-refractivity contribution in [2.45, 2.75) is 39.8 Å². The Morgan fingerprint density at radius 3 is 2.62 bits per heavy atom. The Labute approximate surface area is 187 Å². The lowest BCUT2D eigenvalue weighted by molar-refractivity contribution is -0.121. The summed E-state index contributed by atoms with van der Waals surface area (Å²) in [6.07, 6.45) is 1.55. The topological polar surface area (TPSA) is 87.5 Å². The predicted octanol–water partition coefficient (Wildman–Crippen LogP) is 2.30. The monoisotopic (exact) mass is 443 g/mol. The number of rotatable bonds is 8. The first-order chi connectivity index (χ1) is 15.2. The molecule has 172 valence electrons. The van der Waals surface area contributed by atoms with E-state index in [9.17, 15) is 18.8 Å². The molecule has 0 bridgehead atoms. The van der Waals surface area contributed by atoms with E-state index in [0.717, 1.165) is 12.0 Å². The summed E-state index contributed by atoms with van der Waals surface area (Å²) in [5, 5.41) is 7.13. The number of nitrogens with zero attached hydrogens (tertiary/aromatic N) is 4. The molecular weight excluding hydrogens is 413 g/mol. The summed E-state index contributed by atoms with van der Waals surface area (Å²) >= 11 is 0. The molecule has 8 nitrogen and oxygen atoms in total. The van der Waals surface area contributed by atoms with Crippen molar-refractivity contribution in [3.63, 3.8) is 0 Å². The van der Waals surface area contributed by atoms with Gasteiger partial charge in [0.25, 0.3) is 11.8 Å². The molecule has 0 fully saturated rings. The fourth-order valence-electron chi connectivity index (χ4n) is 3.54. The van der Waals surface area contributed by atoms with Gasteiger partial charge in [-0.25, -0.2) is 4.39 Å². The van der Waals surface area contributed by atoms with E-state index in [0.29, 0.717) is 44.2 Å². The highest BCUT2D eigenvalue weighted by Crippen LogP contribution is 2.17. The van der Waals surface area contributed by atoms with Crippen molar-refractivity contribution in [3.8, 4) is 0 Å². The van der Waals surface area contributed by atoms with Gasteiger partial charge in [0.05, 0.1) is 6.54 Å². The quantitative estimate of drug-likeness (QED) is 0.678. The molecule has 0 atom stereocenters. The molecule has 0 saturated carbocycles. The van der Waals surface area contributed by atoms with Crippen molar-refractivity contribution in [1.29, 1.82) is 0 Å². The molecule has 0 aliphatic carbocycles. The van der Waals surface area contributed by atoms with Gasteiger partial charge in [0.1, 0.15) is 11.5 Å². The number of nitrogens with one attached hydrogen (secondary N) is 1. The predicted molar refractivity (Wildman–Crippen MR) is 117 cm³/mol. The van der Waals surface area contributed by atoms with E-state index in [1.807, 2.05) is 0 Å². The molecule has 1 aliphatic rings. The van der Waals surface area contributed by atoms with Crippen molar-refractivity contribution < 1.29 is 18.8 Å². The molecule has 3 amide bonds. The van der Waals surface area contributed by atoms with Gasteiger partial charge in [-0.3, -0.25) is 19.1 Å². The molecular formula is C23H30FN5O3. The SMILES string of the molecule is CC(C)CCNC(=O)CN(C)C(=O)c1cc2n(n1)CCCN(Cc1ccc(F)cc1)C2=O. The molecule has 0 unspecified atom stereocenters. The van der Waals surface area contributed by atoms with Crippen molar-refractivity contribution in [1.82, 2.24) is 24.9 Å². The molecule has 1 aliphatic heterocycles. The minimum absolute atomic E-state index is 0.0796. The molecule has 1 aromatic heterocycles. The molecule has 1 aromatic carbocycles. The van der Waals surface area contributed by atoms with Crippen LogP contribution in [0.3, 0.4) is 0 Å². The molecule has 9 heteroatoms. The van der Waals surface area contributed by atoms with E-state index >= 15 is 0 Å². The highest BCUT2D eigenvalue weighted by molar-refractivity contribution is 5.99. The van der Waals surface area contributed by atoms with Gasteiger partial charge >= 0.3 is 0 Å². The number of hydrogen-bond donors (Lipinski definition) is 1. The number of aryl methyl sites for hydroxylation is 1. The second-order valence-electron chi connectivity index (χ2n) is 8.54. The Kier molecular flexibility index (Phi) is 7.61. The zero-order valence-corrected chi connectivity index (χ0v) is 18.8. The van der Waals surface area contributed by atoms with Crippen LogP contribution in [0, 0.1) is 11.7 Å². The Hall–Kier alpha value is -3.23. The van der Waals surface area contributed by atoms with E-state index in [1.54, 1.807) is 21.7 Å². The maximum Gasteiger partial charge on any atom is 0.274 e. The van der Waals surface area contributed by atoms with Crippen molar-refractivity contribution in [2.75, 3.05) is 26.7 Å². The second kappa shape index (κ2) is 10.4. The van der Waals surface area contributed by atoms with Crippen LogP contribution in [-0.2, 0) is 17.9 Å². The third-order valence-corrected chi connectivity index (χ3v) is 5.36. The lowest BCUT2D eigenvalue weighted by atomic mass is 10.1. The number of aromatic nitrogens is 2. The van der Waals surface area contributed by atoms with Crippen molar-refractivity contribution in [2.24, 2.45) is 5.92 Å². The Bertz CT molecular complexity index is 971. The lowest BCUT2D eigenvalue weighted by Crippen LogP contribution is -2.39. The van der Waals surface area contributed by atoms with Gasteiger partial charge in [-0.2, -0.15) is 5.10 Å². The minimum atomic E-state index is -0.414. The number of carbonyl (C=O) groups is 3. The maximum atomic E-state index is 13.2. The number of hydrogen-bond acceptors (Lipinski definition) is 4. The smallest absolute Gasteiger partial charge is 0.274 e. The molecule has 3 rings (SSSR count). The third-order valence-electron chi connectivity index (χ3n) is 5.36. The van der Waals surface area contributed by atoms with Crippen molar-refractivity contribution in [3.05, 3.63) is 53.1 Å². The first-order valence-electron chi connectivity index (χ1n) is 10.9. The van der Waals surface area contributed by atoms with E-state index < -0.39 is 5.91 Å². The number of halogens is 1. The summed E-state index contributed by atoms with van der Waals surface area (Å²) in [5.74, 6) is -0.718. The first-order valence-corrected chi connectivity index (χ1v) is 10.9. The standard InChI is InChI=1S/C23H30FN5O3/c1-16(2)9-10-25-21(30)15-27(3)22(31)19-13-20-23(32)28(11-4-12-29(20)26-19)14-17-5-7-18(24)8-6-17/h5-8,13,16H,4,9-12,14-15H2,1-3H3,(H,25,30). The number of carbonyl (C=O) groups excluding carboxylic acids is 3. The zero-order valence-electron chi connectivity index (χ0n) is 18.8. The molecule has 2 heterocycles. The fraction of sp³-hybridized carbons (Fsp3) is 0.478. The Balaban J connectivity index is 1.65. The number of benzene rings is 1. The number of fused-ring (bicyclic) bond motifs is 1. The van der Waals surface area contributed by atoms with E-state index in [1.165, 1.54) is 30.1 Å². The molecule has 32 heavy (non-hydrogen) atoms. The normalized spacial score (nSPS) is 13.7. The second-order valence-corrected chi connectivity index (χ2v) is 8.54. The maximum absolute atomic E-state index is 13.2. The largest absolute Gasteiger partial charge is 0.355 e. The van der Waals surface area contributed by atoms with Crippen LogP contribution in [0.1, 0.15) is 53.2 Å². The van der Waals surface area contributed by atoms with Crippen LogP contribution in [-0.4, -0.2) is 64.0 Å². The number of likely N-dealkylation sites (N-methyl/N-ethyl adjacent to an activating group) is 1. The van der Waals surface area contributed by atoms with Gasteiger partial charge in [-0.15, -0.1) is 0 Å². The van der Waals surface area contributed by atoms with E-state index in [2.05, 4.69) is 24.3 Å². The summed E-state index contributed by atoms with van der Waals surface area (Å²) < 4.78 is 14.7. The van der Waals surface area contributed by atoms with Crippen LogP contribution in [0.5, 0.6) is 0 Å². The molecule has 1 N–H and O–H groups in total. The summed E-state index contributed by atoms with van der Waals surface area (Å²) in [4.78, 5) is 40.9. The van der Waals surface area contributed by atoms with E-state index in [4.69, 9.17) is 0 Å². The van der Waals surface area contributed by atoms with Crippen LogP contribution in [0.2, 0.25) is 0 Å². The molecule has 2 aromatic rings. The highest BCUT2D eigenvalue weighted by Gasteiger charge is 2.27. The van der Waals surface area contributed by atoms with Gasteiger partial charge < -0.3 is 15.1 Å². The summed E-state index contributed by atoms with van der Waals surface area (Å²) in [6.45, 7) is 6.04. The lowest BCUT2D eigenvalue weighted by Gasteiger charge is -2.20. The highest BCUT2D eigenvalue weighted by atomic mass is 19.1. The first kappa shape index (κ1) is 23.4. The van der Waals surface area contributed by atoms with Crippen LogP contribution >= 0.6 is 0 Å². The Morgan fingerprint density at radius 1 is 1.22 bits per heavy atom. The molecule has 0 radical (unpaired) electrons. The van der Waals surface area contributed by atoms with E-state index in [-0.39, 0.29) is 29.9 Å². The molecule has 0 spiro atoms. The van der Waals surface area contributed by atoms with Gasteiger partial charge in [0.15, 0.2) is 5.69 Å².